The van der Waals surface area contributed by atoms with E-state index in [4.69, 9.17) is 27.9 Å². The van der Waals surface area contributed by atoms with Crippen molar-refractivity contribution in [2.75, 3.05) is 18.1 Å². The van der Waals surface area contributed by atoms with Gasteiger partial charge in [0.25, 0.3) is 0 Å². The Morgan fingerprint density at radius 1 is 1.33 bits per heavy atom. The van der Waals surface area contributed by atoms with Gasteiger partial charge in [-0.2, -0.15) is 0 Å². The molecular weight excluding hydrogens is 269 g/mol. The lowest BCUT2D eigenvalue weighted by Crippen LogP contribution is -2.48. The smallest absolute Gasteiger partial charge is 0.0779 e. The van der Waals surface area contributed by atoms with E-state index in [1.54, 1.807) is 0 Å². The fourth-order valence-corrected chi connectivity index (χ4v) is 3.61. The summed E-state index contributed by atoms with van der Waals surface area (Å²) in [6.07, 6.45) is 4.08. The van der Waals surface area contributed by atoms with Gasteiger partial charge in [-0.05, 0) is 37.0 Å². The second-order valence-corrected chi connectivity index (χ2v) is 5.68. The van der Waals surface area contributed by atoms with Crippen LogP contribution in [0.2, 0.25) is 5.02 Å². The molecule has 1 aliphatic heterocycles. The van der Waals surface area contributed by atoms with Crippen LogP contribution in [0.5, 0.6) is 0 Å². The van der Waals surface area contributed by atoms with Crippen molar-refractivity contribution in [2.24, 2.45) is 0 Å². The van der Waals surface area contributed by atoms with Crippen LogP contribution in [0.15, 0.2) is 18.2 Å². The second kappa shape index (κ2) is 5.28. The normalized spacial score (nSPS) is 27.3. The van der Waals surface area contributed by atoms with Crippen molar-refractivity contribution in [1.82, 2.24) is 0 Å². The molecule has 2 aliphatic rings. The molecule has 1 saturated heterocycles. The molecule has 1 heterocycles. The summed E-state index contributed by atoms with van der Waals surface area (Å²) in [5.74, 6) is 0.467. The minimum absolute atomic E-state index is 0.408. The third-order valence-electron chi connectivity index (χ3n) is 3.99. The molecule has 0 amide bonds. The van der Waals surface area contributed by atoms with Gasteiger partial charge in [0.05, 0.1) is 18.8 Å². The molecule has 98 valence electrons. The van der Waals surface area contributed by atoms with Crippen molar-refractivity contribution >= 4 is 28.9 Å². The van der Waals surface area contributed by atoms with E-state index >= 15 is 0 Å². The number of nitrogens with zero attached hydrogens (tertiary/aromatic N) is 1. The molecule has 1 aliphatic carbocycles. The molecule has 1 aromatic rings. The van der Waals surface area contributed by atoms with Crippen molar-refractivity contribution in [3.63, 3.8) is 0 Å². The van der Waals surface area contributed by atoms with Crippen LogP contribution in [0.3, 0.4) is 0 Å². The Hall–Kier alpha value is -0.440. The number of hydrogen-bond donors (Lipinski definition) is 0. The Labute approximate surface area is 118 Å². The molecule has 4 heteroatoms. The topological polar surface area (TPSA) is 12.5 Å². The summed E-state index contributed by atoms with van der Waals surface area (Å²) in [5.41, 5.74) is 2.20. The maximum Gasteiger partial charge on any atom is 0.0779 e. The van der Waals surface area contributed by atoms with Gasteiger partial charge in [-0.15, -0.1) is 11.6 Å². The number of ether oxygens (including phenoxy) is 1. The first-order valence-electron chi connectivity index (χ1n) is 6.52. The van der Waals surface area contributed by atoms with Crippen LogP contribution < -0.4 is 4.90 Å². The molecule has 2 fully saturated rings. The highest BCUT2D eigenvalue weighted by atomic mass is 35.5. The van der Waals surface area contributed by atoms with Gasteiger partial charge in [0.15, 0.2) is 0 Å². The highest BCUT2D eigenvalue weighted by Crippen LogP contribution is 2.34. The van der Waals surface area contributed by atoms with Crippen LogP contribution >= 0.6 is 23.2 Å². The van der Waals surface area contributed by atoms with E-state index in [0.717, 1.165) is 23.7 Å². The molecule has 2 nitrogen and oxygen atoms in total. The van der Waals surface area contributed by atoms with Crippen LogP contribution in [0, 0.1) is 0 Å². The lowest BCUT2D eigenvalue weighted by Gasteiger charge is -2.39. The van der Waals surface area contributed by atoms with Crippen molar-refractivity contribution in [1.29, 1.82) is 0 Å². The van der Waals surface area contributed by atoms with Crippen molar-refractivity contribution in [3.8, 4) is 0 Å². The van der Waals surface area contributed by atoms with Gasteiger partial charge in [-0.25, -0.2) is 0 Å². The van der Waals surface area contributed by atoms with E-state index in [2.05, 4.69) is 11.0 Å². The fraction of sp³-hybridized carbons (Fsp3) is 0.571. The van der Waals surface area contributed by atoms with Crippen LogP contribution in [0.1, 0.15) is 24.8 Å². The standard InChI is InChI=1S/C14H17Cl2NO/c15-9-10-4-5-11(8-12(10)16)17-6-7-18-14-3-1-2-13(14)17/h4-5,8,13-14H,1-3,6-7,9H2. The Morgan fingerprint density at radius 2 is 2.22 bits per heavy atom. The molecule has 1 aromatic carbocycles. The quantitative estimate of drug-likeness (QED) is 0.766. The zero-order chi connectivity index (χ0) is 12.5. The number of benzene rings is 1. The van der Waals surface area contributed by atoms with Crippen molar-refractivity contribution in [2.45, 2.75) is 37.3 Å². The summed E-state index contributed by atoms with van der Waals surface area (Å²) < 4.78 is 5.83. The molecule has 0 N–H and O–H groups in total. The molecule has 3 rings (SSSR count). The van der Waals surface area contributed by atoms with Gasteiger partial charge in [-0.1, -0.05) is 17.7 Å². The lowest BCUT2D eigenvalue weighted by atomic mass is 10.1. The fourth-order valence-electron chi connectivity index (χ4n) is 3.07. The third-order valence-corrected chi connectivity index (χ3v) is 4.63. The van der Waals surface area contributed by atoms with Gasteiger partial charge in [0, 0.05) is 23.1 Å². The van der Waals surface area contributed by atoms with Crippen molar-refractivity contribution in [3.05, 3.63) is 28.8 Å². The van der Waals surface area contributed by atoms with Crippen LogP contribution in [0.4, 0.5) is 5.69 Å². The highest BCUT2D eigenvalue weighted by molar-refractivity contribution is 6.32. The molecule has 18 heavy (non-hydrogen) atoms. The zero-order valence-corrected chi connectivity index (χ0v) is 11.8. The lowest BCUT2D eigenvalue weighted by molar-refractivity contribution is 0.0256. The van der Waals surface area contributed by atoms with E-state index in [0.29, 0.717) is 18.0 Å². The van der Waals surface area contributed by atoms with E-state index < -0.39 is 0 Å². The summed E-state index contributed by atoms with van der Waals surface area (Å²) in [6, 6.07) is 6.73. The van der Waals surface area contributed by atoms with Crippen molar-refractivity contribution < 1.29 is 4.74 Å². The molecule has 0 aromatic heterocycles. The molecular formula is C14H17Cl2NO. The second-order valence-electron chi connectivity index (χ2n) is 5.01. The maximum absolute atomic E-state index is 6.25. The first-order valence-corrected chi connectivity index (χ1v) is 7.43. The minimum atomic E-state index is 0.408. The van der Waals surface area contributed by atoms with Gasteiger partial charge >= 0.3 is 0 Å². The Morgan fingerprint density at radius 3 is 3.00 bits per heavy atom. The monoisotopic (exact) mass is 285 g/mol. The predicted octanol–water partition coefficient (Wildman–Crippen LogP) is 3.84. The zero-order valence-electron chi connectivity index (χ0n) is 10.2. The number of morpholine rings is 1. The summed E-state index contributed by atoms with van der Waals surface area (Å²) in [6.45, 7) is 1.77. The minimum Gasteiger partial charge on any atom is -0.374 e. The van der Waals surface area contributed by atoms with Crippen LogP contribution in [0.25, 0.3) is 0 Å². The summed E-state index contributed by atoms with van der Waals surface area (Å²) in [7, 11) is 0. The number of anilines is 1. The van der Waals surface area contributed by atoms with Crippen LogP contribution in [-0.2, 0) is 10.6 Å². The SMILES string of the molecule is ClCc1ccc(N2CCOC3CCCC32)cc1Cl. The highest BCUT2D eigenvalue weighted by Gasteiger charge is 2.36. The number of alkyl halides is 1. The molecule has 0 radical (unpaired) electrons. The van der Waals surface area contributed by atoms with Gasteiger partial charge in [0.2, 0.25) is 0 Å². The number of fused-ring (bicyclic) bond motifs is 1. The predicted molar refractivity (Wildman–Crippen MR) is 75.7 cm³/mol. The van der Waals surface area contributed by atoms with Crippen LogP contribution in [-0.4, -0.2) is 25.3 Å². The molecule has 2 unspecified atom stereocenters. The first kappa shape index (κ1) is 12.6. The summed E-state index contributed by atoms with van der Waals surface area (Å²) in [5, 5.41) is 0.767. The Bertz CT molecular complexity index is 438. The molecule has 0 spiro atoms. The summed E-state index contributed by atoms with van der Waals surface area (Å²) >= 11 is 12.1. The average Bonchev–Trinajstić information content (AvgIpc) is 2.86. The number of rotatable bonds is 2. The largest absolute Gasteiger partial charge is 0.374 e. The summed E-state index contributed by atoms with van der Waals surface area (Å²) in [4.78, 5) is 2.45. The Balaban J connectivity index is 1.87. The van der Waals surface area contributed by atoms with E-state index in [9.17, 15) is 0 Å². The van der Waals surface area contributed by atoms with E-state index in [-0.39, 0.29) is 0 Å². The van der Waals surface area contributed by atoms with E-state index in [1.165, 1.54) is 24.9 Å². The third kappa shape index (κ3) is 2.22. The van der Waals surface area contributed by atoms with E-state index in [1.807, 2.05) is 12.1 Å². The Kier molecular flexibility index (Phi) is 3.69. The number of hydrogen-bond acceptors (Lipinski definition) is 2. The average molecular weight is 286 g/mol. The van der Waals surface area contributed by atoms with Gasteiger partial charge in [0.1, 0.15) is 0 Å². The maximum atomic E-state index is 6.25. The first-order chi connectivity index (χ1) is 8.79. The van der Waals surface area contributed by atoms with Gasteiger partial charge in [-0.3, -0.25) is 0 Å². The number of halogens is 2. The molecule has 0 bridgehead atoms. The molecule has 1 saturated carbocycles. The molecule has 2 atom stereocenters. The van der Waals surface area contributed by atoms with Gasteiger partial charge < -0.3 is 9.64 Å².